The van der Waals surface area contributed by atoms with Gasteiger partial charge in [0.1, 0.15) is 0 Å². The van der Waals surface area contributed by atoms with Crippen LogP contribution < -0.4 is 20.2 Å². The number of anilines is 1. The van der Waals surface area contributed by atoms with Crippen molar-refractivity contribution in [2.24, 2.45) is 5.10 Å². The Hall–Kier alpha value is -3.59. The normalized spacial score (nSPS) is 10.6. The van der Waals surface area contributed by atoms with Gasteiger partial charge >= 0.3 is 17.8 Å². The van der Waals surface area contributed by atoms with Crippen LogP contribution in [0.15, 0.2) is 65.8 Å². The van der Waals surface area contributed by atoms with E-state index in [-0.39, 0.29) is 22.1 Å². The van der Waals surface area contributed by atoms with Gasteiger partial charge < -0.3 is 14.8 Å². The molecule has 3 aromatic carbocycles. The zero-order chi connectivity index (χ0) is 24.7. The van der Waals surface area contributed by atoms with E-state index in [9.17, 15) is 14.4 Å². The molecule has 34 heavy (non-hydrogen) atoms. The number of nitrogens with one attached hydrogen (secondary N) is 2. The minimum Gasteiger partial charge on any atom is -0.493 e. The molecule has 2 N–H and O–H groups in total. The fourth-order valence-corrected chi connectivity index (χ4v) is 2.99. The standard InChI is InChI=1S/C23H16Cl3N3O5/c1-33-20-10-13(2-9-19(20)34-23(32)14-3-8-17(25)18(26)11-14)12-27-29-22(31)21(30)28-16-6-4-15(24)5-7-16/h2-12H,1H3,(H,28,30)(H,29,31)/b27-12+. The molecular weight excluding hydrogens is 505 g/mol. The summed E-state index contributed by atoms with van der Waals surface area (Å²) in [6, 6.07) is 15.2. The van der Waals surface area contributed by atoms with Gasteiger partial charge in [0, 0.05) is 10.7 Å². The molecule has 0 spiro atoms. The highest BCUT2D eigenvalue weighted by molar-refractivity contribution is 6.42. The first-order valence-corrected chi connectivity index (χ1v) is 10.7. The smallest absolute Gasteiger partial charge is 0.343 e. The van der Waals surface area contributed by atoms with Gasteiger partial charge in [-0.15, -0.1) is 0 Å². The van der Waals surface area contributed by atoms with Crippen LogP contribution in [0.5, 0.6) is 11.5 Å². The van der Waals surface area contributed by atoms with Crippen LogP contribution in [0.4, 0.5) is 5.69 Å². The Labute approximate surface area is 209 Å². The van der Waals surface area contributed by atoms with Gasteiger partial charge in [0.25, 0.3) is 0 Å². The maximum Gasteiger partial charge on any atom is 0.343 e. The predicted molar refractivity (Wildman–Crippen MR) is 130 cm³/mol. The molecular formula is C23H16Cl3N3O5. The number of esters is 1. The second kappa shape index (κ2) is 11.5. The number of amides is 2. The molecule has 0 aliphatic carbocycles. The average Bonchev–Trinajstić information content (AvgIpc) is 2.82. The molecule has 11 heteroatoms. The number of carbonyl (C=O) groups is 3. The molecule has 0 aliphatic rings. The molecule has 0 fully saturated rings. The van der Waals surface area contributed by atoms with Crippen molar-refractivity contribution in [3.8, 4) is 11.5 Å². The second-order valence-corrected chi connectivity index (χ2v) is 7.84. The zero-order valence-corrected chi connectivity index (χ0v) is 19.7. The quantitative estimate of drug-likeness (QED) is 0.157. The molecule has 0 saturated heterocycles. The third-order valence-corrected chi connectivity index (χ3v) is 5.22. The number of hydrazone groups is 1. The molecule has 0 radical (unpaired) electrons. The van der Waals surface area contributed by atoms with Crippen molar-refractivity contribution >= 4 is 64.5 Å². The second-order valence-electron chi connectivity index (χ2n) is 6.59. The van der Waals surface area contributed by atoms with Gasteiger partial charge in [-0.25, -0.2) is 10.2 Å². The van der Waals surface area contributed by atoms with Gasteiger partial charge in [-0.05, 0) is 66.2 Å². The molecule has 0 unspecified atom stereocenters. The van der Waals surface area contributed by atoms with E-state index >= 15 is 0 Å². The molecule has 0 bridgehead atoms. The Balaban J connectivity index is 1.61. The number of hydrogen-bond donors (Lipinski definition) is 2. The summed E-state index contributed by atoms with van der Waals surface area (Å²) in [5.74, 6) is -2.13. The predicted octanol–water partition coefficient (Wildman–Crippen LogP) is 4.96. The molecule has 174 valence electrons. The third-order valence-electron chi connectivity index (χ3n) is 4.23. The molecule has 8 nitrogen and oxygen atoms in total. The number of carbonyl (C=O) groups excluding carboxylic acids is 3. The zero-order valence-electron chi connectivity index (χ0n) is 17.5. The van der Waals surface area contributed by atoms with E-state index in [1.54, 1.807) is 30.3 Å². The van der Waals surface area contributed by atoms with E-state index in [0.29, 0.717) is 21.3 Å². The van der Waals surface area contributed by atoms with Gasteiger partial charge in [0.2, 0.25) is 0 Å². The van der Waals surface area contributed by atoms with Crippen LogP contribution in [-0.4, -0.2) is 31.1 Å². The maximum atomic E-state index is 12.4. The van der Waals surface area contributed by atoms with E-state index in [1.165, 1.54) is 43.7 Å². The lowest BCUT2D eigenvalue weighted by Crippen LogP contribution is -2.32. The highest BCUT2D eigenvalue weighted by Gasteiger charge is 2.15. The van der Waals surface area contributed by atoms with E-state index in [0.717, 1.165) is 0 Å². The highest BCUT2D eigenvalue weighted by Crippen LogP contribution is 2.29. The number of rotatable bonds is 6. The van der Waals surface area contributed by atoms with Gasteiger partial charge in [-0.3, -0.25) is 9.59 Å². The van der Waals surface area contributed by atoms with Crippen LogP contribution in [-0.2, 0) is 9.59 Å². The van der Waals surface area contributed by atoms with Crippen molar-refractivity contribution in [2.45, 2.75) is 0 Å². The summed E-state index contributed by atoms with van der Waals surface area (Å²) in [4.78, 5) is 36.2. The van der Waals surface area contributed by atoms with Gasteiger partial charge in [-0.1, -0.05) is 34.8 Å². The molecule has 0 aliphatic heterocycles. The minimum absolute atomic E-state index is 0.155. The van der Waals surface area contributed by atoms with Crippen LogP contribution in [0.1, 0.15) is 15.9 Å². The molecule has 2 amide bonds. The van der Waals surface area contributed by atoms with E-state index in [1.807, 2.05) is 0 Å². The van der Waals surface area contributed by atoms with Gasteiger partial charge in [-0.2, -0.15) is 5.10 Å². The van der Waals surface area contributed by atoms with Crippen molar-refractivity contribution in [3.05, 3.63) is 86.9 Å². The first kappa shape index (κ1) is 25.0. The monoisotopic (exact) mass is 519 g/mol. The molecule has 0 saturated carbocycles. The molecule has 3 rings (SSSR count). The van der Waals surface area contributed by atoms with Crippen LogP contribution in [0.25, 0.3) is 0 Å². The largest absolute Gasteiger partial charge is 0.493 e. The summed E-state index contributed by atoms with van der Waals surface area (Å²) in [7, 11) is 1.40. The van der Waals surface area contributed by atoms with E-state index in [4.69, 9.17) is 44.3 Å². The third kappa shape index (κ3) is 6.71. The lowest BCUT2D eigenvalue weighted by molar-refractivity contribution is -0.136. The van der Waals surface area contributed by atoms with Crippen LogP contribution in [0, 0.1) is 0 Å². The molecule has 3 aromatic rings. The van der Waals surface area contributed by atoms with Crippen LogP contribution in [0.3, 0.4) is 0 Å². The van der Waals surface area contributed by atoms with Gasteiger partial charge in [0.05, 0.1) is 28.9 Å². The number of benzene rings is 3. The summed E-state index contributed by atoms with van der Waals surface area (Å²) in [6.07, 6.45) is 1.29. The summed E-state index contributed by atoms with van der Waals surface area (Å²) in [6.45, 7) is 0. The van der Waals surface area contributed by atoms with Crippen LogP contribution >= 0.6 is 34.8 Å². The summed E-state index contributed by atoms with van der Waals surface area (Å²) in [5, 5.41) is 7.20. The van der Waals surface area contributed by atoms with E-state index < -0.39 is 17.8 Å². The average molecular weight is 521 g/mol. The lowest BCUT2D eigenvalue weighted by atomic mass is 10.2. The van der Waals surface area contributed by atoms with Crippen molar-refractivity contribution in [3.63, 3.8) is 0 Å². The molecule has 0 heterocycles. The fourth-order valence-electron chi connectivity index (χ4n) is 2.57. The van der Waals surface area contributed by atoms with E-state index in [2.05, 4.69) is 15.8 Å². The number of nitrogens with zero attached hydrogens (tertiary/aromatic N) is 1. The van der Waals surface area contributed by atoms with Crippen molar-refractivity contribution < 1.29 is 23.9 Å². The van der Waals surface area contributed by atoms with Crippen LogP contribution in [0.2, 0.25) is 15.1 Å². The highest BCUT2D eigenvalue weighted by atomic mass is 35.5. The molecule has 0 aromatic heterocycles. The number of hydrogen-bond acceptors (Lipinski definition) is 6. The summed E-state index contributed by atoms with van der Waals surface area (Å²) < 4.78 is 10.6. The minimum atomic E-state index is -0.967. The van der Waals surface area contributed by atoms with Crippen molar-refractivity contribution in [2.75, 3.05) is 12.4 Å². The Morgan fingerprint density at radius 3 is 2.26 bits per heavy atom. The Morgan fingerprint density at radius 2 is 1.59 bits per heavy atom. The SMILES string of the molecule is COc1cc(/C=N/NC(=O)C(=O)Nc2ccc(Cl)cc2)ccc1OC(=O)c1ccc(Cl)c(Cl)c1. The number of halogens is 3. The fraction of sp³-hybridized carbons (Fsp3) is 0.0435. The molecule has 0 atom stereocenters. The summed E-state index contributed by atoms with van der Waals surface area (Å²) >= 11 is 17.6. The first-order valence-electron chi connectivity index (χ1n) is 9.52. The number of ether oxygens (including phenoxy) is 2. The maximum absolute atomic E-state index is 12.4. The van der Waals surface area contributed by atoms with Crippen molar-refractivity contribution in [1.82, 2.24) is 5.43 Å². The summed E-state index contributed by atoms with van der Waals surface area (Å²) in [5.41, 5.74) is 3.24. The number of methoxy groups -OCH3 is 1. The van der Waals surface area contributed by atoms with Crippen molar-refractivity contribution in [1.29, 1.82) is 0 Å². The first-order chi connectivity index (χ1) is 16.3. The Bertz CT molecular complexity index is 1260. The Morgan fingerprint density at radius 1 is 0.853 bits per heavy atom. The Kier molecular flexibility index (Phi) is 8.48. The lowest BCUT2D eigenvalue weighted by Gasteiger charge is -2.10. The topological polar surface area (TPSA) is 106 Å². The van der Waals surface area contributed by atoms with Gasteiger partial charge in [0.15, 0.2) is 11.5 Å².